The molecule has 0 spiro atoms. The summed E-state index contributed by atoms with van der Waals surface area (Å²) >= 11 is 2.29. The molecular weight excluding hydrogens is 295 g/mol. The molecule has 0 aliphatic carbocycles. The highest BCUT2D eigenvalue weighted by Gasteiger charge is 1.96. The van der Waals surface area contributed by atoms with Crippen LogP contribution < -0.4 is 0 Å². The lowest BCUT2D eigenvalue weighted by molar-refractivity contribution is 0.717. The molecule has 0 saturated heterocycles. The topological polar surface area (TPSA) is 0 Å². The van der Waals surface area contributed by atoms with E-state index in [1.54, 1.807) is 0 Å². The molecule has 0 aromatic heterocycles. The van der Waals surface area contributed by atoms with Gasteiger partial charge in [-0.15, -0.1) is 0 Å². The molecule has 82 valence electrons. The number of halogens is 1. The Morgan fingerprint density at radius 3 is 2.40 bits per heavy atom. The smallest absolute Gasteiger partial charge is 0.0198 e. The van der Waals surface area contributed by atoms with Gasteiger partial charge in [-0.2, -0.15) is 0 Å². The number of hydrogen-bond acceptors (Lipinski definition) is 0. The standard InChI is InChI=1S/C14H19I/c1-3-4-5-6-13-7-9-14(10-8-13)12(2)11-15/h7-11H,3-6H2,1-2H3/b12-11+. The summed E-state index contributed by atoms with van der Waals surface area (Å²) in [5, 5.41) is 0. The van der Waals surface area contributed by atoms with Gasteiger partial charge in [0.1, 0.15) is 0 Å². The van der Waals surface area contributed by atoms with Crippen LogP contribution in [0.2, 0.25) is 0 Å². The van der Waals surface area contributed by atoms with E-state index in [4.69, 9.17) is 0 Å². The Kier molecular flexibility index (Phi) is 5.99. The van der Waals surface area contributed by atoms with E-state index >= 15 is 0 Å². The summed E-state index contributed by atoms with van der Waals surface area (Å²) in [6, 6.07) is 8.97. The van der Waals surface area contributed by atoms with Crippen molar-refractivity contribution in [3.63, 3.8) is 0 Å². The van der Waals surface area contributed by atoms with Crippen LogP contribution in [0.3, 0.4) is 0 Å². The van der Waals surface area contributed by atoms with Crippen LogP contribution in [0.5, 0.6) is 0 Å². The summed E-state index contributed by atoms with van der Waals surface area (Å²) in [4.78, 5) is 0. The van der Waals surface area contributed by atoms with Crippen molar-refractivity contribution in [2.24, 2.45) is 0 Å². The third-order valence-corrected chi connectivity index (χ3v) is 3.58. The van der Waals surface area contributed by atoms with E-state index in [1.165, 1.54) is 42.4 Å². The van der Waals surface area contributed by atoms with Crippen molar-refractivity contribution in [1.29, 1.82) is 0 Å². The predicted octanol–water partition coefficient (Wildman–Crippen LogP) is 5.22. The van der Waals surface area contributed by atoms with Crippen LogP contribution in [-0.4, -0.2) is 0 Å². The maximum absolute atomic E-state index is 2.29. The summed E-state index contributed by atoms with van der Waals surface area (Å²) in [6.45, 7) is 4.40. The maximum Gasteiger partial charge on any atom is -0.0198 e. The average Bonchev–Trinajstić information content (AvgIpc) is 2.29. The van der Waals surface area contributed by atoms with Gasteiger partial charge in [-0.1, -0.05) is 66.6 Å². The lowest BCUT2D eigenvalue weighted by Crippen LogP contribution is -1.86. The maximum atomic E-state index is 2.29. The van der Waals surface area contributed by atoms with Gasteiger partial charge in [0.25, 0.3) is 0 Å². The lowest BCUT2D eigenvalue weighted by atomic mass is 10.0. The largest absolute Gasteiger partial charge is 0.0654 e. The molecule has 1 rings (SSSR count). The molecule has 0 radical (unpaired) electrons. The average molecular weight is 314 g/mol. The SMILES string of the molecule is CCCCCc1ccc(/C(C)=C/I)cc1. The number of unbranched alkanes of at least 4 members (excludes halogenated alkanes) is 2. The van der Waals surface area contributed by atoms with Crippen molar-refractivity contribution in [3.05, 3.63) is 39.5 Å². The van der Waals surface area contributed by atoms with Crippen LogP contribution in [0.1, 0.15) is 44.2 Å². The minimum absolute atomic E-state index is 1.22. The Balaban J connectivity index is 2.56. The van der Waals surface area contributed by atoms with E-state index in [2.05, 4.69) is 64.8 Å². The second kappa shape index (κ2) is 7.04. The summed E-state index contributed by atoms with van der Waals surface area (Å²) in [5.41, 5.74) is 4.15. The molecular formula is C14H19I. The fourth-order valence-electron chi connectivity index (χ4n) is 1.58. The number of aryl methyl sites for hydroxylation is 1. The molecule has 0 heterocycles. The first-order valence-electron chi connectivity index (χ1n) is 5.64. The zero-order chi connectivity index (χ0) is 11.1. The summed E-state index contributed by atoms with van der Waals surface area (Å²) < 4.78 is 2.13. The molecule has 0 fully saturated rings. The van der Waals surface area contributed by atoms with Crippen LogP contribution in [0.25, 0.3) is 5.57 Å². The monoisotopic (exact) mass is 314 g/mol. The van der Waals surface area contributed by atoms with Crippen LogP contribution in [0.15, 0.2) is 28.3 Å². The molecule has 1 heteroatoms. The zero-order valence-corrected chi connectivity index (χ0v) is 11.8. The Morgan fingerprint density at radius 2 is 1.87 bits per heavy atom. The Labute approximate surface area is 107 Å². The highest BCUT2D eigenvalue weighted by atomic mass is 127. The minimum Gasteiger partial charge on any atom is -0.0654 e. The Morgan fingerprint density at radius 1 is 1.20 bits per heavy atom. The lowest BCUT2D eigenvalue weighted by Gasteiger charge is -2.03. The van der Waals surface area contributed by atoms with E-state index in [0.717, 1.165) is 0 Å². The van der Waals surface area contributed by atoms with E-state index in [1.807, 2.05) is 0 Å². The summed E-state index contributed by atoms with van der Waals surface area (Å²) in [5.74, 6) is 0. The van der Waals surface area contributed by atoms with E-state index in [9.17, 15) is 0 Å². The molecule has 1 aromatic carbocycles. The van der Waals surface area contributed by atoms with Gasteiger partial charge in [0.05, 0.1) is 0 Å². The van der Waals surface area contributed by atoms with Crippen LogP contribution >= 0.6 is 22.6 Å². The summed E-state index contributed by atoms with van der Waals surface area (Å²) in [7, 11) is 0. The van der Waals surface area contributed by atoms with Crippen molar-refractivity contribution >= 4 is 28.2 Å². The van der Waals surface area contributed by atoms with Gasteiger partial charge < -0.3 is 0 Å². The first-order chi connectivity index (χ1) is 7.27. The molecule has 0 aliphatic rings. The number of rotatable bonds is 5. The van der Waals surface area contributed by atoms with Crippen molar-refractivity contribution in [2.45, 2.75) is 39.5 Å². The van der Waals surface area contributed by atoms with E-state index in [-0.39, 0.29) is 0 Å². The zero-order valence-electron chi connectivity index (χ0n) is 9.59. The Hall–Kier alpha value is -0.310. The molecule has 1 aromatic rings. The van der Waals surface area contributed by atoms with Gasteiger partial charge in [0, 0.05) is 0 Å². The van der Waals surface area contributed by atoms with Crippen molar-refractivity contribution < 1.29 is 0 Å². The number of benzene rings is 1. The fraction of sp³-hybridized carbons (Fsp3) is 0.429. The molecule has 0 bridgehead atoms. The van der Waals surface area contributed by atoms with Crippen molar-refractivity contribution in [2.75, 3.05) is 0 Å². The molecule has 15 heavy (non-hydrogen) atoms. The molecule has 0 aliphatic heterocycles. The molecule has 0 N–H and O–H groups in total. The number of hydrogen-bond donors (Lipinski definition) is 0. The first-order valence-corrected chi connectivity index (χ1v) is 6.88. The van der Waals surface area contributed by atoms with Crippen molar-refractivity contribution in [1.82, 2.24) is 0 Å². The molecule has 0 unspecified atom stereocenters. The van der Waals surface area contributed by atoms with Crippen molar-refractivity contribution in [3.8, 4) is 0 Å². The van der Waals surface area contributed by atoms with Gasteiger partial charge >= 0.3 is 0 Å². The first kappa shape index (κ1) is 12.8. The quantitative estimate of drug-likeness (QED) is 0.516. The molecule has 0 atom stereocenters. The van der Waals surface area contributed by atoms with E-state index in [0.29, 0.717) is 0 Å². The van der Waals surface area contributed by atoms with E-state index < -0.39 is 0 Å². The van der Waals surface area contributed by atoms with Gasteiger partial charge in [0.2, 0.25) is 0 Å². The van der Waals surface area contributed by atoms with Gasteiger partial charge in [0.15, 0.2) is 0 Å². The fourth-order valence-corrected chi connectivity index (χ4v) is 1.94. The Bertz CT molecular complexity index is 309. The normalized spacial score (nSPS) is 11.8. The second-order valence-electron chi connectivity index (χ2n) is 3.95. The predicted molar refractivity (Wildman–Crippen MR) is 77.3 cm³/mol. The molecule has 0 nitrogen and oxygen atoms in total. The second-order valence-corrected chi connectivity index (χ2v) is 4.57. The highest BCUT2D eigenvalue weighted by molar-refractivity contribution is 14.1. The van der Waals surface area contributed by atoms with Gasteiger partial charge in [-0.05, 0) is 40.5 Å². The third kappa shape index (κ3) is 4.37. The van der Waals surface area contributed by atoms with Crippen LogP contribution in [-0.2, 0) is 6.42 Å². The minimum atomic E-state index is 1.22. The molecule has 0 amide bonds. The van der Waals surface area contributed by atoms with Crippen LogP contribution in [0.4, 0.5) is 0 Å². The molecule has 0 saturated carbocycles. The van der Waals surface area contributed by atoms with Gasteiger partial charge in [-0.3, -0.25) is 0 Å². The van der Waals surface area contributed by atoms with Crippen LogP contribution in [0, 0.1) is 0 Å². The third-order valence-electron chi connectivity index (χ3n) is 2.64. The highest BCUT2D eigenvalue weighted by Crippen LogP contribution is 2.17. The van der Waals surface area contributed by atoms with Gasteiger partial charge in [-0.25, -0.2) is 0 Å². The summed E-state index contributed by atoms with van der Waals surface area (Å²) in [6.07, 6.45) is 5.18. The number of allylic oxidation sites excluding steroid dienone is 1.